The SMILES string of the molecule is O=C(N1CCN(S(=O)(=O)c2c(F)cccc2F)CC1)C12CC3CC(CC(Cl)(C3)C1)C2. The summed E-state index contributed by atoms with van der Waals surface area (Å²) >= 11 is 6.85. The Hall–Kier alpha value is -1.25. The van der Waals surface area contributed by atoms with Crippen molar-refractivity contribution in [3.05, 3.63) is 29.8 Å². The zero-order chi connectivity index (χ0) is 21.3. The molecule has 2 atom stereocenters. The highest BCUT2D eigenvalue weighted by molar-refractivity contribution is 7.89. The zero-order valence-corrected chi connectivity index (χ0v) is 18.2. The second-order valence-corrected chi connectivity index (χ2v) is 12.3. The van der Waals surface area contributed by atoms with Gasteiger partial charge in [-0.25, -0.2) is 17.2 Å². The number of rotatable bonds is 3. The molecule has 4 aliphatic carbocycles. The Kier molecular flexibility index (Phi) is 4.73. The number of halogens is 3. The summed E-state index contributed by atoms with van der Waals surface area (Å²) in [4.78, 5) is 14.0. The molecule has 2 unspecified atom stereocenters. The maximum absolute atomic E-state index is 14.0. The van der Waals surface area contributed by atoms with Gasteiger partial charge in [-0.15, -0.1) is 11.6 Å². The van der Waals surface area contributed by atoms with Gasteiger partial charge in [0.05, 0.1) is 5.41 Å². The van der Waals surface area contributed by atoms with Crippen molar-refractivity contribution in [3.8, 4) is 0 Å². The van der Waals surface area contributed by atoms with E-state index in [9.17, 15) is 22.0 Å². The smallest absolute Gasteiger partial charge is 0.249 e. The van der Waals surface area contributed by atoms with Crippen LogP contribution in [0.4, 0.5) is 8.78 Å². The van der Waals surface area contributed by atoms with Crippen molar-refractivity contribution in [2.75, 3.05) is 26.2 Å². The van der Waals surface area contributed by atoms with Gasteiger partial charge >= 0.3 is 0 Å². The summed E-state index contributed by atoms with van der Waals surface area (Å²) in [6, 6.07) is 3.00. The minimum Gasteiger partial charge on any atom is -0.340 e. The summed E-state index contributed by atoms with van der Waals surface area (Å²) in [5.41, 5.74) is -0.426. The van der Waals surface area contributed by atoms with E-state index in [4.69, 9.17) is 11.6 Å². The van der Waals surface area contributed by atoms with Crippen molar-refractivity contribution in [2.24, 2.45) is 17.3 Å². The maximum Gasteiger partial charge on any atom is 0.249 e. The van der Waals surface area contributed by atoms with Gasteiger partial charge in [0, 0.05) is 31.1 Å². The number of benzene rings is 1. The molecule has 0 N–H and O–H groups in total. The lowest BCUT2D eigenvalue weighted by Gasteiger charge is -2.60. The summed E-state index contributed by atoms with van der Waals surface area (Å²) in [6.07, 6.45) is 5.57. The lowest BCUT2D eigenvalue weighted by atomic mass is 9.49. The van der Waals surface area contributed by atoms with Crippen LogP contribution in [-0.2, 0) is 14.8 Å². The van der Waals surface area contributed by atoms with Crippen molar-refractivity contribution in [1.82, 2.24) is 9.21 Å². The van der Waals surface area contributed by atoms with Crippen LogP contribution in [0.25, 0.3) is 0 Å². The molecule has 1 aromatic carbocycles. The van der Waals surface area contributed by atoms with Crippen molar-refractivity contribution in [1.29, 1.82) is 0 Å². The summed E-state index contributed by atoms with van der Waals surface area (Å²) < 4.78 is 54.7. The highest BCUT2D eigenvalue weighted by atomic mass is 35.5. The number of alkyl halides is 1. The minimum atomic E-state index is -4.30. The summed E-state index contributed by atoms with van der Waals surface area (Å²) in [5, 5.41) is 0. The van der Waals surface area contributed by atoms with Gasteiger partial charge < -0.3 is 4.90 Å². The van der Waals surface area contributed by atoms with Crippen LogP contribution in [0.2, 0.25) is 0 Å². The van der Waals surface area contributed by atoms with Crippen LogP contribution in [0.5, 0.6) is 0 Å². The minimum absolute atomic E-state index is 0.0246. The third-order valence-electron chi connectivity index (χ3n) is 7.49. The molecule has 4 bridgehead atoms. The first kappa shape index (κ1) is 20.6. The molecule has 5 fully saturated rings. The van der Waals surface area contributed by atoms with E-state index in [1.807, 2.05) is 0 Å². The van der Waals surface area contributed by atoms with Crippen LogP contribution in [0.3, 0.4) is 0 Å². The van der Waals surface area contributed by atoms with E-state index in [-0.39, 0.29) is 37.0 Å². The lowest BCUT2D eigenvalue weighted by molar-refractivity contribution is -0.157. The van der Waals surface area contributed by atoms with Gasteiger partial charge in [-0.05, 0) is 62.5 Å². The topological polar surface area (TPSA) is 57.7 Å². The summed E-state index contributed by atoms with van der Waals surface area (Å²) in [7, 11) is -4.30. The molecule has 1 amide bonds. The molecule has 30 heavy (non-hydrogen) atoms. The Balaban J connectivity index is 1.31. The summed E-state index contributed by atoms with van der Waals surface area (Å²) in [5.74, 6) is -1.13. The van der Waals surface area contributed by atoms with Crippen molar-refractivity contribution in [2.45, 2.75) is 48.3 Å². The van der Waals surface area contributed by atoms with E-state index < -0.39 is 32.0 Å². The number of hydrogen-bond donors (Lipinski definition) is 0. The number of sulfonamides is 1. The zero-order valence-electron chi connectivity index (χ0n) is 16.6. The van der Waals surface area contributed by atoms with E-state index in [0.29, 0.717) is 18.3 Å². The Labute approximate surface area is 180 Å². The van der Waals surface area contributed by atoms with E-state index in [1.165, 1.54) is 0 Å². The predicted molar refractivity (Wildman–Crippen MR) is 107 cm³/mol. The van der Waals surface area contributed by atoms with Crippen LogP contribution in [0.15, 0.2) is 23.1 Å². The van der Waals surface area contributed by atoms with E-state index >= 15 is 0 Å². The van der Waals surface area contributed by atoms with Crippen LogP contribution in [-0.4, -0.2) is 54.6 Å². The van der Waals surface area contributed by atoms with E-state index in [0.717, 1.165) is 54.6 Å². The van der Waals surface area contributed by atoms with E-state index in [1.54, 1.807) is 4.90 Å². The molecule has 1 saturated heterocycles. The number of carbonyl (C=O) groups is 1. The molecule has 9 heteroatoms. The third-order valence-corrected chi connectivity index (χ3v) is 9.88. The fourth-order valence-corrected chi connectivity index (χ4v) is 8.95. The normalized spacial score (nSPS) is 36.3. The quantitative estimate of drug-likeness (QED) is 0.652. The van der Waals surface area contributed by atoms with Gasteiger partial charge in [0.15, 0.2) is 4.90 Å². The number of piperazine rings is 1. The monoisotopic (exact) mass is 458 g/mol. The largest absolute Gasteiger partial charge is 0.340 e. The highest BCUT2D eigenvalue weighted by Crippen LogP contribution is 2.64. The number of hydrogen-bond acceptors (Lipinski definition) is 3. The van der Waals surface area contributed by atoms with Crippen LogP contribution in [0, 0.1) is 28.9 Å². The molecule has 0 radical (unpaired) electrons. The Bertz CT molecular complexity index is 960. The molecule has 0 aromatic heterocycles. The number of amides is 1. The van der Waals surface area contributed by atoms with Gasteiger partial charge in [0.2, 0.25) is 15.9 Å². The Morgan fingerprint density at radius 1 is 1.00 bits per heavy atom. The average Bonchev–Trinajstić information content (AvgIpc) is 2.65. The lowest BCUT2D eigenvalue weighted by Crippen LogP contribution is -2.61. The highest BCUT2D eigenvalue weighted by Gasteiger charge is 2.60. The van der Waals surface area contributed by atoms with E-state index in [2.05, 4.69) is 0 Å². The molecular weight excluding hydrogens is 434 g/mol. The van der Waals surface area contributed by atoms with Crippen molar-refractivity contribution >= 4 is 27.5 Å². The van der Waals surface area contributed by atoms with Crippen molar-refractivity contribution in [3.63, 3.8) is 0 Å². The first-order valence-electron chi connectivity index (χ1n) is 10.5. The molecule has 0 spiro atoms. The Morgan fingerprint density at radius 3 is 2.10 bits per heavy atom. The molecule has 5 nitrogen and oxygen atoms in total. The second-order valence-electron chi connectivity index (χ2n) is 9.64. The number of nitrogens with zero attached hydrogens (tertiary/aromatic N) is 2. The first-order valence-corrected chi connectivity index (χ1v) is 12.4. The van der Waals surface area contributed by atoms with Gasteiger partial charge in [-0.1, -0.05) is 6.07 Å². The maximum atomic E-state index is 14.0. The first-order chi connectivity index (χ1) is 14.1. The average molecular weight is 459 g/mol. The number of carbonyl (C=O) groups excluding carboxylic acids is 1. The molecule has 1 heterocycles. The molecule has 4 saturated carbocycles. The van der Waals surface area contributed by atoms with Gasteiger partial charge in [0.1, 0.15) is 11.6 Å². The van der Waals surface area contributed by atoms with Crippen LogP contribution < -0.4 is 0 Å². The predicted octanol–water partition coefficient (Wildman–Crippen LogP) is 3.38. The van der Waals surface area contributed by atoms with Gasteiger partial charge in [-0.3, -0.25) is 4.79 Å². The van der Waals surface area contributed by atoms with Gasteiger partial charge in [0.25, 0.3) is 0 Å². The molecule has 1 aromatic rings. The molecule has 5 aliphatic rings. The fourth-order valence-electron chi connectivity index (χ4n) is 6.73. The Morgan fingerprint density at radius 2 is 1.57 bits per heavy atom. The molecular formula is C21H25ClF2N2O3S. The van der Waals surface area contributed by atoms with Crippen LogP contribution >= 0.6 is 11.6 Å². The molecule has 164 valence electrons. The molecule has 6 rings (SSSR count). The van der Waals surface area contributed by atoms with Gasteiger partial charge in [-0.2, -0.15) is 4.31 Å². The van der Waals surface area contributed by atoms with Crippen molar-refractivity contribution < 1.29 is 22.0 Å². The fraction of sp³-hybridized carbons (Fsp3) is 0.667. The molecule has 1 aliphatic heterocycles. The van der Waals surface area contributed by atoms with Crippen LogP contribution in [0.1, 0.15) is 38.5 Å². The second kappa shape index (κ2) is 6.87. The summed E-state index contributed by atoms with van der Waals surface area (Å²) in [6.45, 7) is 0.495. The third kappa shape index (κ3) is 3.17. The standard InChI is InChI=1S/C21H25ClF2N2O3S/c22-21-11-14-8-15(12-21)10-20(9-14,13-21)19(27)25-4-6-26(7-5-25)30(28,29)18-16(23)2-1-3-17(18)24/h1-3,14-15H,4-13H2.